The van der Waals surface area contributed by atoms with E-state index in [4.69, 9.17) is 5.11 Å². The number of aromatic nitrogens is 2. The van der Waals surface area contributed by atoms with Crippen LogP contribution in [-0.2, 0) is 13.6 Å². The van der Waals surface area contributed by atoms with Gasteiger partial charge in [0.05, 0.1) is 11.9 Å². The second-order valence-corrected chi connectivity index (χ2v) is 4.56. The molecule has 2 N–H and O–H groups in total. The van der Waals surface area contributed by atoms with Crippen LogP contribution in [0, 0.1) is 5.82 Å². The third-order valence-corrected chi connectivity index (χ3v) is 3.24. The van der Waals surface area contributed by atoms with Gasteiger partial charge in [0.2, 0.25) is 0 Å². The number of hydrogen-bond acceptors (Lipinski definition) is 3. The van der Waals surface area contributed by atoms with Crippen molar-refractivity contribution in [3.63, 3.8) is 0 Å². The van der Waals surface area contributed by atoms with Gasteiger partial charge >= 0.3 is 5.97 Å². The van der Waals surface area contributed by atoms with Gasteiger partial charge in [-0.15, -0.1) is 0 Å². The summed E-state index contributed by atoms with van der Waals surface area (Å²) in [5.41, 5.74) is 1.26. The van der Waals surface area contributed by atoms with Crippen molar-refractivity contribution in [1.29, 1.82) is 0 Å². The first-order chi connectivity index (χ1) is 9.50. The van der Waals surface area contributed by atoms with E-state index in [0.29, 0.717) is 17.8 Å². The third-order valence-electron chi connectivity index (χ3n) is 3.24. The SMILES string of the molecule is CC(NCc1c(C(=O)O)cnn1C)c1ccccc1F. The molecule has 0 spiro atoms. The molecule has 1 aromatic heterocycles. The first-order valence-electron chi connectivity index (χ1n) is 6.22. The first-order valence-corrected chi connectivity index (χ1v) is 6.22. The van der Waals surface area contributed by atoms with Crippen molar-refractivity contribution in [2.24, 2.45) is 7.05 Å². The molecule has 0 radical (unpaired) electrons. The van der Waals surface area contributed by atoms with E-state index in [-0.39, 0.29) is 17.4 Å². The number of carboxylic acids is 1. The van der Waals surface area contributed by atoms with Gasteiger partial charge < -0.3 is 10.4 Å². The lowest BCUT2D eigenvalue weighted by molar-refractivity contribution is 0.0695. The zero-order valence-corrected chi connectivity index (χ0v) is 11.3. The lowest BCUT2D eigenvalue weighted by atomic mass is 10.1. The average molecular weight is 277 g/mol. The number of nitrogens with one attached hydrogen (secondary N) is 1. The average Bonchev–Trinajstić information content (AvgIpc) is 2.78. The van der Waals surface area contributed by atoms with Crippen LogP contribution in [0.5, 0.6) is 0 Å². The molecule has 6 heteroatoms. The van der Waals surface area contributed by atoms with Crippen LogP contribution >= 0.6 is 0 Å². The summed E-state index contributed by atoms with van der Waals surface area (Å²) < 4.78 is 15.1. The number of carbonyl (C=O) groups is 1. The second-order valence-electron chi connectivity index (χ2n) is 4.56. The molecule has 1 atom stereocenters. The number of aryl methyl sites for hydroxylation is 1. The molecule has 106 valence electrons. The maximum atomic E-state index is 13.6. The Bertz CT molecular complexity index is 625. The summed E-state index contributed by atoms with van der Waals surface area (Å²) >= 11 is 0. The van der Waals surface area contributed by atoms with Crippen molar-refractivity contribution in [3.05, 3.63) is 53.1 Å². The summed E-state index contributed by atoms with van der Waals surface area (Å²) in [6.45, 7) is 2.13. The zero-order valence-electron chi connectivity index (χ0n) is 11.3. The van der Waals surface area contributed by atoms with Crippen LogP contribution in [-0.4, -0.2) is 20.9 Å². The van der Waals surface area contributed by atoms with E-state index in [2.05, 4.69) is 10.4 Å². The van der Waals surface area contributed by atoms with Crippen LogP contribution in [0.3, 0.4) is 0 Å². The largest absolute Gasteiger partial charge is 0.478 e. The molecule has 0 bridgehead atoms. The Hall–Kier alpha value is -2.21. The molecule has 20 heavy (non-hydrogen) atoms. The highest BCUT2D eigenvalue weighted by molar-refractivity contribution is 5.88. The van der Waals surface area contributed by atoms with Gasteiger partial charge in [-0.1, -0.05) is 18.2 Å². The quantitative estimate of drug-likeness (QED) is 0.878. The van der Waals surface area contributed by atoms with E-state index >= 15 is 0 Å². The van der Waals surface area contributed by atoms with Crippen LogP contribution in [0.25, 0.3) is 0 Å². The van der Waals surface area contributed by atoms with E-state index < -0.39 is 5.97 Å². The Balaban J connectivity index is 2.11. The van der Waals surface area contributed by atoms with E-state index in [1.165, 1.54) is 16.9 Å². The molecule has 1 unspecified atom stereocenters. The minimum absolute atomic E-state index is 0.153. The Kier molecular flexibility index (Phi) is 4.14. The second kappa shape index (κ2) is 5.83. The van der Waals surface area contributed by atoms with Crippen LogP contribution in [0.2, 0.25) is 0 Å². The summed E-state index contributed by atoms with van der Waals surface area (Å²) in [4.78, 5) is 11.1. The van der Waals surface area contributed by atoms with Crippen LogP contribution in [0.1, 0.15) is 34.6 Å². The standard InChI is InChI=1S/C14H16FN3O2/c1-9(10-5-3-4-6-12(10)15)16-8-13-11(14(19)20)7-17-18(13)2/h3-7,9,16H,8H2,1-2H3,(H,19,20). The van der Waals surface area contributed by atoms with Crippen molar-refractivity contribution in [2.75, 3.05) is 0 Å². The monoisotopic (exact) mass is 277 g/mol. The number of carboxylic acid groups (broad SMARTS) is 1. The minimum atomic E-state index is -1.02. The predicted octanol–water partition coefficient (Wildman–Crippen LogP) is 2.11. The number of nitrogens with zero attached hydrogens (tertiary/aromatic N) is 2. The molecular formula is C14H16FN3O2. The van der Waals surface area contributed by atoms with Crippen molar-refractivity contribution >= 4 is 5.97 Å². The molecule has 0 saturated heterocycles. The molecule has 2 rings (SSSR count). The lowest BCUT2D eigenvalue weighted by Gasteiger charge is -2.15. The Morgan fingerprint density at radius 3 is 2.85 bits per heavy atom. The van der Waals surface area contributed by atoms with Crippen molar-refractivity contribution in [2.45, 2.75) is 19.5 Å². The number of rotatable bonds is 5. The number of benzene rings is 1. The van der Waals surface area contributed by atoms with Gasteiger partial charge in [-0.25, -0.2) is 9.18 Å². The van der Waals surface area contributed by atoms with E-state index in [9.17, 15) is 9.18 Å². The van der Waals surface area contributed by atoms with Gasteiger partial charge in [0, 0.05) is 25.2 Å². The predicted molar refractivity (Wildman–Crippen MR) is 71.8 cm³/mol. The van der Waals surface area contributed by atoms with Crippen molar-refractivity contribution in [3.8, 4) is 0 Å². The number of hydrogen-bond donors (Lipinski definition) is 2. The summed E-state index contributed by atoms with van der Waals surface area (Å²) in [5, 5.41) is 16.1. The van der Waals surface area contributed by atoms with Crippen LogP contribution in [0.4, 0.5) is 4.39 Å². The fourth-order valence-corrected chi connectivity index (χ4v) is 2.04. The van der Waals surface area contributed by atoms with Crippen LogP contribution < -0.4 is 5.32 Å². The highest BCUT2D eigenvalue weighted by atomic mass is 19.1. The molecule has 2 aromatic rings. The summed E-state index contributed by atoms with van der Waals surface area (Å²) in [7, 11) is 1.68. The molecule has 0 saturated carbocycles. The summed E-state index contributed by atoms with van der Waals surface area (Å²) in [6.07, 6.45) is 1.31. The van der Waals surface area contributed by atoms with Crippen molar-refractivity contribution in [1.82, 2.24) is 15.1 Å². The summed E-state index contributed by atoms with van der Waals surface area (Å²) in [5.74, 6) is -1.30. The molecule has 0 amide bonds. The molecule has 0 fully saturated rings. The highest BCUT2D eigenvalue weighted by Gasteiger charge is 2.16. The maximum Gasteiger partial charge on any atom is 0.339 e. The van der Waals surface area contributed by atoms with Gasteiger partial charge in [-0.3, -0.25) is 4.68 Å². The smallest absolute Gasteiger partial charge is 0.339 e. The van der Waals surface area contributed by atoms with Gasteiger partial charge in [-0.2, -0.15) is 5.10 Å². The number of halogens is 1. The van der Waals surface area contributed by atoms with Crippen molar-refractivity contribution < 1.29 is 14.3 Å². The molecule has 0 aliphatic carbocycles. The highest BCUT2D eigenvalue weighted by Crippen LogP contribution is 2.17. The Morgan fingerprint density at radius 2 is 2.20 bits per heavy atom. The summed E-state index contributed by atoms with van der Waals surface area (Å²) in [6, 6.07) is 6.28. The fourth-order valence-electron chi connectivity index (χ4n) is 2.04. The van der Waals surface area contributed by atoms with Gasteiger partial charge in [-0.05, 0) is 13.0 Å². The van der Waals surface area contributed by atoms with E-state index in [0.717, 1.165) is 0 Å². The Morgan fingerprint density at radius 1 is 1.50 bits per heavy atom. The Labute approximate surface area is 116 Å². The van der Waals surface area contributed by atoms with Crippen LogP contribution in [0.15, 0.2) is 30.5 Å². The lowest BCUT2D eigenvalue weighted by Crippen LogP contribution is -2.22. The van der Waals surface area contributed by atoms with Gasteiger partial charge in [0.15, 0.2) is 0 Å². The molecule has 1 heterocycles. The number of aromatic carboxylic acids is 1. The first kappa shape index (κ1) is 14.2. The van der Waals surface area contributed by atoms with E-state index in [1.807, 2.05) is 6.92 Å². The molecule has 5 nitrogen and oxygen atoms in total. The van der Waals surface area contributed by atoms with Gasteiger partial charge in [0.1, 0.15) is 11.4 Å². The van der Waals surface area contributed by atoms with Gasteiger partial charge in [0.25, 0.3) is 0 Å². The molecular weight excluding hydrogens is 261 g/mol. The zero-order chi connectivity index (χ0) is 14.7. The molecule has 0 aliphatic heterocycles. The molecule has 0 aliphatic rings. The third kappa shape index (κ3) is 2.85. The maximum absolute atomic E-state index is 13.6. The fraction of sp³-hybridized carbons (Fsp3) is 0.286. The topological polar surface area (TPSA) is 67.2 Å². The van der Waals surface area contributed by atoms with E-state index in [1.54, 1.807) is 25.2 Å². The minimum Gasteiger partial charge on any atom is -0.478 e. The molecule has 1 aromatic carbocycles. The normalized spacial score (nSPS) is 12.3.